The molecule has 150 valence electrons. The molecule has 1 aromatic heterocycles. The third kappa shape index (κ3) is 5.78. The van der Waals surface area contributed by atoms with Crippen molar-refractivity contribution in [3.05, 3.63) is 35.6 Å². The average Bonchev–Trinajstić information content (AvgIpc) is 2.96. The van der Waals surface area contributed by atoms with E-state index in [4.69, 9.17) is 4.42 Å². The van der Waals surface area contributed by atoms with Crippen molar-refractivity contribution < 1.29 is 13.2 Å². The highest BCUT2D eigenvalue weighted by atomic mass is 127. The number of benzene rings is 1. The van der Waals surface area contributed by atoms with Gasteiger partial charge in [-0.1, -0.05) is 18.2 Å². The molecule has 2 N–H and O–H groups in total. The van der Waals surface area contributed by atoms with Crippen LogP contribution in [0.2, 0.25) is 0 Å². The number of hydrogen-bond donors (Lipinski definition) is 2. The fraction of sp³-hybridized carbons (Fsp3) is 0.526. The van der Waals surface area contributed by atoms with Gasteiger partial charge in [0.15, 0.2) is 5.96 Å². The maximum Gasteiger partial charge on any atom is 0.251 e. The van der Waals surface area contributed by atoms with Crippen LogP contribution < -0.4 is 10.6 Å². The molecule has 1 aliphatic heterocycles. The molecule has 8 heteroatoms. The van der Waals surface area contributed by atoms with E-state index < -0.39 is 6.43 Å². The van der Waals surface area contributed by atoms with Crippen LogP contribution >= 0.6 is 24.0 Å². The molecule has 0 bridgehead atoms. The Hall–Kier alpha value is -1.42. The van der Waals surface area contributed by atoms with Gasteiger partial charge in [-0.15, -0.1) is 24.0 Å². The van der Waals surface area contributed by atoms with Crippen LogP contribution in [0.1, 0.15) is 24.2 Å². The lowest BCUT2D eigenvalue weighted by Crippen LogP contribution is -2.49. The fourth-order valence-electron chi connectivity index (χ4n) is 3.40. The molecular formula is C19H27F2IN4O. The fourth-order valence-corrected chi connectivity index (χ4v) is 3.40. The summed E-state index contributed by atoms with van der Waals surface area (Å²) < 4.78 is 30.8. The normalized spacial score (nSPS) is 16.6. The van der Waals surface area contributed by atoms with Crippen LogP contribution in [0.4, 0.5) is 8.78 Å². The van der Waals surface area contributed by atoms with Gasteiger partial charge in [-0.3, -0.25) is 9.89 Å². The van der Waals surface area contributed by atoms with Crippen molar-refractivity contribution in [2.75, 3.05) is 26.7 Å². The Labute approximate surface area is 175 Å². The van der Waals surface area contributed by atoms with Crippen LogP contribution in [-0.4, -0.2) is 50.0 Å². The highest BCUT2D eigenvalue weighted by molar-refractivity contribution is 14.0. The van der Waals surface area contributed by atoms with E-state index in [-0.39, 0.29) is 36.6 Å². The molecule has 0 unspecified atom stereocenters. The summed E-state index contributed by atoms with van der Waals surface area (Å²) in [6.07, 6.45) is -0.602. The standard InChI is InChI=1S/C19H26F2N4O.HI/c1-13-15-5-3-4-6-16(15)26-17(13)11-23-19(22-2)24-14-7-9-25(10-8-14)12-18(20)21;/h3-6,14,18H,7-12H2,1-2H3,(H2,22,23,24);1H. The number of hydrogen-bond acceptors (Lipinski definition) is 3. The van der Waals surface area contributed by atoms with Gasteiger partial charge >= 0.3 is 0 Å². The van der Waals surface area contributed by atoms with Crippen molar-refractivity contribution >= 4 is 40.9 Å². The largest absolute Gasteiger partial charge is 0.459 e. The second kappa shape index (κ2) is 10.2. The minimum atomic E-state index is -2.26. The lowest BCUT2D eigenvalue weighted by Gasteiger charge is -2.32. The van der Waals surface area contributed by atoms with Crippen molar-refractivity contribution in [1.82, 2.24) is 15.5 Å². The topological polar surface area (TPSA) is 52.8 Å². The second-order valence-corrected chi connectivity index (χ2v) is 6.68. The first kappa shape index (κ1) is 21.9. The third-order valence-electron chi connectivity index (χ3n) is 4.91. The Morgan fingerprint density at radius 1 is 1.30 bits per heavy atom. The van der Waals surface area contributed by atoms with Gasteiger partial charge in [0.2, 0.25) is 0 Å². The predicted octanol–water partition coefficient (Wildman–Crippen LogP) is 3.75. The van der Waals surface area contributed by atoms with Crippen LogP contribution in [-0.2, 0) is 6.54 Å². The molecule has 0 aliphatic carbocycles. The highest BCUT2D eigenvalue weighted by Gasteiger charge is 2.22. The first-order valence-electron chi connectivity index (χ1n) is 9.01. The lowest BCUT2D eigenvalue weighted by atomic mass is 10.1. The van der Waals surface area contributed by atoms with Gasteiger partial charge in [-0.2, -0.15) is 0 Å². The number of halogens is 3. The molecule has 5 nitrogen and oxygen atoms in total. The number of likely N-dealkylation sites (tertiary alicyclic amines) is 1. The van der Waals surface area contributed by atoms with E-state index in [0.29, 0.717) is 25.6 Å². The second-order valence-electron chi connectivity index (χ2n) is 6.68. The molecule has 0 spiro atoms. The van der Waals surface area contributed by atoms with Crippen molar-refractivity contribution in [3.63, 3.8) is 0 Å². The van der Waals surface area contributed by atoms with E-state index in [9.17, 15) is 8.78 Å². The number of guanidine groups is 1. The first-order valence-corrected chi connectivity index (χ1v) is 9.01. The predicted molar refractivity (Wildman–Crippen MR) is 115 cm³/mol. The van der Waals surface area contributed by atoms with E-state index in [0.717, 1.165) is 35.1 Å². The summed E-state index contributed by atoms with van der Waals surface area (Å²) >= 11 is 0. The van der Waals surface area contributed by atoms with Gasteiger partial charge in [0, 0.05) is 37.1 Å². The zero-order chi connectivity index (χ0) is 18.5. The summed E-state index contributed by atoms with van der Waals surface area (Å²) in [5, 5.41) is 7.80. The molecule has 27 heavy (non-hydrogen) atoms. The van der Waals surface area contributed by atoms with E-state index in [2.05, 4.69) is 28.6 Å². The summed E-state index contributed by atoms with van der Waals surface area (Å²) in [6, 6.07) is 8.22. The Balaban J connectivity index is 0.00000261. The number of rotatable bonds is 5. The summed E-state index contributed by atoms with van der Waals surface area (Å²) in [5.41, 5.74) is 2.01. The number of piperidine rings is 1. The SMILES string of the molecule is CN=C(NCc1oc2ccccc2c1C)NC1CCN(CC(F)F)CC1.I. The maximum absolute atomic E-state index is 12.5. The molecule has 1 aromatic carbocycles. The molecular weight excluding hydrogens is 465 g/mol. The zero-order valence-corrected chi connectivity index (χ0v) is 18.0. The van der Waals surface area contributed by atoms with Crippen molar-refractivity contribution in [2.45, 2.75) is 38.8 Å². The Morgan fingerprint density at radius 2 is 2.00 bits per heavy atom. The Morgan fingerprint density at radius 3 is 2.63 bits per heavy atom. The molecule has 0 radical (unpaired) electrons. The number of fused-ring (bicyclic) bond motifs is 1. The Kier molecular flexibility index (Phi) is 8.28. The molecule has 2 aromatic rings. The van der Waals surface area contributed by atoms with Crippen LogP contribution in [0.15, 0.2) is 33.7 Å². The number of para-hydroxylation sites is 1. The smallest absolute Gasteiger partial charge is 0.251 e. The molecule has 1 aliphatic rings. The van der Waals surface area contributed by atoms with Crippen LogP contribution in [0.5, 0.6) is 0 Å². The maximum atomic E-state index is 12.5. The number of nitrogens with zero attached hydrogens (tertiary/aromatic N) is 2. The van der Waals surface area contributed by atoms with E-state index in [1.807, 2.05) is 23.1 Å². The number of nitrogens with one attached hydrogen (secondary N) is 2. The number of furan rings is 1. The lowest BCUT2D eigenvalue weighted by molar-refractivity contribution is 0.0744. The van der Waals surface area contributed by atoms with E-state index in [1.54, 1.807) is 7.05 Å². The average molecular weight is 492 g/mol. The summed E-state index contributed by atoms with van der Waals surface area (Å²) in [7, 11) is 1.73. The molecule has 0 atom stereocenters. The monoisotopic (exact) mass is 492 g/mol. The summed E-state index contributed by atoms with van der Waals surface area (Å²) in [5.74, 6) is 1.60. The quantitative estimate of drug-likeness (QED) is 0.380. The van der Waals surface area contributed by atoms with Crippen LogP contribution in [0.3, 0.4) is 0 Å². The van der Waals surface area contributed by atoms with Crippen LogP contribution in [0.25, 0.3) is 11.0 Å². The number of aryl methyl sites for hydroxylation is 1. The van der Waals surface area contributed by atoms with E-state index in [1.165, 1.54) is 0 Å². The molecule has 0 amide bonds. The molecule has 1 saturated heterocycles. The van der Waals surface area contributed by atoms with Gasteiger partial charge in [0.1, 0.15) is 11.3 Å². The van der Waals surface area contributed by atoms with Crippen molar-refractivity contribution in [1.29, 1.82) is 0 Å². The zero-order valence-electron chi connectivity index (χ0n) is 15.7. The minimum Gasteiger partial charge on any atom is -0.459 e. The molecule has 1 fully saturated rings. The summed E-state index contributed by atoms with van der Waals surface area (Å²) in [4.78, 5) is 6.08. The number of aliphatic imine (C=N–C) groups is 1. The van der Waals surface area contributed by atoms with Crippen LogP contribution in [0, 0.1) is 6.92 Å². The van der Waals surface area contributed by atoms with Crippen molar-refractivity contribution in [3.8, 4) is 0 Å². The first-order chi connectivity index (χ1) is 12.6. The third-order valence-corrected chi connectivity index (χ3v) is 4.91. The minimum absolute atomic E-state index is 0. The van der Waals surface area contributed by atoms with Gasteiger partial charge in [0.25, 0.3) is 6.43 Å². The van der Waals surface area contributed by atoms with Crippen molar-refractivity contribution in [2.24, 2.45) is 4.99 Å². The van der Waals surface area contributed by atoms with E-state index >= 15 is 0 Å². The van der Waals surface area contributed by atoms with Gasteiger partial charge < -0.3 is 15.1 Å². The highest BCUT2D eigenvalue weighted by Crippen LogP contribution is 2.24. The van der Waals surface area contributed by atoms with Gasteiger partial charge in [-0.25, -0.2) is 8.78 Å². The Bertz CT molecular complexity index is 757. The molecule has 2 heterocycles. The molecule has 3 rings (SSSR count). The number of alkyl halides is 2. The molecule has 0 saturated carbocycles. The van der Waals surface area contributed by atoms with Gasteiger partial charge in [-0.05, 0) is 25.8 Å². The summed E-state index contributed by atoms with van der Waals surface area (Å²) in [6.45, 7) is 3.83. The van der Waals surface area contributed by atoms with Gasteiger partial charge in [0.05, 0.1) is 13.1 Å².